The number of hydrogen-bond donors (Lipinski definition) is 3. The fraction of sp³-hybridized carbons (Fsp3) is 0.273. The van der Waals surface area contributed by atoms with E-state index in [0.29, 0.717) is 30.0 Å². The Hall–Kier alpha value is -4.03. The van der Waals surface area contributed by atoms with Crippen LogP contribution in [0.15, 0.2) is 90.3 Å². The Balaban J connectivity index is 1.34. The second-order valence-electron chi connectivity index (χ2n) is 11.5. The largest absolute Gasteiger partial charge is 0.361 e. The van der Waals surface area contributed by atoms with Gasteiger partial charge in [-0.05, 0) is 53.6 Å². The number of carbonyl (C=O) groups is 2. The smallest absolute Gasteiger partial charge is 0.239 e. The van der Waals surface area contributed by atoms with Crippen LogP contribution >= 0.6 is 11.6 Å². The Morgan fingerprint density at radius 3 is 2.62 bits per heavy atom. The third-order valence-electron chi connectivity index (χ3n) is 7.91. The van der Waals surface area contributed by atoms with E-state index >= 15 is 0 Å². The molecule has 0 saturated heterocycles. The van der Waals surface area contributed by atoms with Crippen LogP contribution in [0.3, 0.4) is 0 Å². The first-order chi connectivity index (χ1) is 19.3. The standard InChI is InChI=1S/C33H33ClN4O2/c1-33(2)17-27-31(29(39)18-33)32(23-10-3-5-11-24(23)34)38(28-14-8-7-13-26(28)37-27)20-30(40)35-16-15-21-19-36-25-12-6-4-9-22(21)25/h3-14,19,32,36-37H,15-18,20H2,1-2H3,(H,35,40). The van der Waals surface area contributed by atoms with E-state index in [2.05, 4.69) is 35.5 Å². The quantitative estimate of drug-likeness (QED) is 0.246. The first-order valence-electron chi connectivity index (χ1n) is 13.8. The molecule has 1 aliphatic heterocycles. The van der Waals surface area contributed by atoms with E-state index in [1.54, 1.807) is 0 Å². The zero-order valence-electron chi connectivity index (χ0n) is 22.8. The van der Waals surface area contributed by atoms with Gasteiger partial charge in [0.2, 0.25) is 5.91 Å². The van der Waals surface area contributed by atoms with Gasteiger partial charge >= 0.3 is 0 Å². The van der Waals surface area contributed by atoms with E-state index in [4.69, 9.17) is 11.6 Å². The molecule has 1 unspecified atom stereocenters. The minimum Gasteiger partial charge on any atom is -0.361 e. The van der Waals surface area contributed by atoms with Crippen molar-refractivity contribution in [2.45, 2.75) is 39.2 Å². The summed E-state index contributed by atoms with van der Waals surface area (Å²) in [6, 6.07) is 23.2. The molecule has 1 atom stereocenters. The average molecular weight is 553 g/mol. The molecule has 3 N–H and O–H groups in total. The van der Waals surface area contributed by atoms with E-state index < -0.39 is 6.04 Å². The van der Waals surface area contributed by atoms with Gasteiger partial charge in [0.25, 0.3) is 0 Å². The van der Waals surface area contributed by atoms with Crippen molar-refractivity contribution in [1.29, 1.82) is 0 Å². The zero-order chi connectivity index (χ0) is 27.9. The van der Waals surface area contributed by atoms with Crippen molar-refractivity contribution in [3.63, 3.8) is 0 Å². The lowest BCUT2D eigenvalue weighted by atomic mass is 9.73. The Kier molecular flexibility index (Phi) is 6.88. The number of rotatable bonds is 6. The van der Waals surface area contributed by atoms with Gasteiger partial charge in [-0.1, -0.05) is 74.0 Å². The Labute approximate surface area is 239 Å². The monoisotopic (exact) mass is 552 g/mol. The highest BCUT2D eigenvalue weighted by molar-refractivity contribution is 6.31. The molecule has 0 saturated carbocycles. The molecule has 0 radical (unpaired) electrons. The first-order valence-corrected chi connectivity index (χ1v) is 14.1. The van der Waals surface area contributed by atoms with Gasteiger partial charge in [-0.3, -0.25) is 9.59 Å². The minimum atomic E-state index is -0.497. The van der Waals surface area contributed by atoms with Crippen molar-refractivity contribution in [3.05, 3.63) is 106 Å². The van der Waals surface area contributed by atoms with Crippen LogP contribution in [0.5, 0.6) is 0 Å². The summed E-state index contributed by atoms with van der Waals surface area (Å²) in [4.78, 5) is 32.7. The van der Waals surface area contributed by atoms with Crippen molar-refractivity contribution in [3.8, 4) is 0 Å². The number of carbonyl (C=O) groups excluding carboxylic acids is 2. The van der Waals surface area contributed by atoms with Gasteiger partial charge in [-0.25, -0.2) is 0 Å². The number of aromatic nitrogens is 1. The van der Waals surface area contributed by atoms with Gasteiger partial charge in [0.1, 0.15) is 0 Å². The van der Waals surface area contributed by atoms with Crippen LogP contribution in [-0.2, 0) is 16.0 Å². The Morgan fingerprint density at radius 2 is 1.77 bits per heavy atom. The molecular weight excluding hydrogens is 520 g/mol. The summed E-state index contributed by atoms with van der Waals surface area (Å²) < 4.78 is 0. The number of halogens is 1. The molecule has 6 rings (SSSR count). The lowest BCUT2D eigenvalue weighted by Gasteiger charge is -2.38. The minimum absolute atomic E-state index is 0.0793. The number of allylic oxidation sites excluding steroid dienone is 1. The second kappa shape index (κ2) is 10.5. The Morgan fingerprint density at radius 1 is 1.02 bits per heavy atom. The van der Waals surface area contributed by atoms with Crippen molar-refractivity contribution in [2.75, 3.05) is 23.3 Å². The number of Topliss-reactive ketones (excluding diaryl/α,β-unsaturated/α-hetero) is 1. The van der Waals surface area contributed by atoms with Crippen LogP contribution in [0.2, 0.25) is 5.02 Å². The maximum absolute atomic E-state index is 13.8. The molecule has 40 heavy (non-hydrogen) atoms. The molecule has 204 valence electrons. The number of hydrogen-bond acceptors (Lipinski definition) is 4. The highest BCUT2D eigenvalue weighted by Gasteiger charge is 2.42. The number of fused-ring (bicyclic) bond motifs is 2. The van der Waals surface area contributed by atoms with Gasteiger partial charge < -0.3 is 20.5 Å². The molecule has 0 bridgehead atoms. The van der Waals surface area contributed by atoms with E-state index in [0.717, 1.165) is 34.6 Å². The number of ketones is 1. The fourth-order valence-electron chi connectivity index (χ4n) is 6.13. The summed E-state index contributed by atoms with van der Waals surface area (Å²) in [6.45, 7) is 4.83. The van der Waals surface area contributed by atoms with Crippen molar-refractivity contribution in [1.82, 2.24) is 10.3 Å². The topological polar surface area (TPSA) is 77.2 Å². The summed E-state index contributed by atoms with van der Waals surface area (Å²) in [5.41, 5.74) is 6.23. The zero-order valence-corrected chi connectivity index (χ0v) is 23.5. The summed E-state index contributed by atoms with van der Waals surface area (Å²) >= 11 is 6.78. The summed E-state index contributed by atoms with van der Waals surface area (Å²) in [5, 5.41) is 8.44. The lowest BCUT2D eigenvalue weighted by molar-refractivity contribution is -0.120. The van der Waals surface area contributed by atoms with Gasteiger partial charge in [0.05, 0.1) is 24.0 Å². The number of nitrogens with one attached hydrogen (secondary N) is 3. The summed E-state index contributed by atoms with van der Waals surface area (Å²) in [6.07, 6.45) is 3.89. The van der Waals surface area contributed by atoms with Crippen LogP contribution < -0.4 is 15.5 Å². The number of benzene rings is 3. The normalized spacial score (nSPS) is 18.1. The highest BCUT2D eigenvalue weighted by atomic mass is 35.5. The summed E-state index contributed by atoms with van der Waals surface area (Å²) in [5.74, 6) is -0.0273. The third kappa shape index (κ3) is 5.00. The van der Waals surface area contributed by atoms with Crippen LogP contribution in [0.25, 0.3) is 10.9 Å². The molecule has 1 aromatic heterocycles. The predicted octanol–water partition coefficient (Wildman–Crippen LogP) is 6.80. The molecule has 2 heterocycles. The molecular formula is C33H33ClN4O2. The molecule has 7 heteroatoms. The van der Waals surface area contributed by atoms with Gasteiger partial charge in [-0.2, -0.15) is 0 Å². The molecule has 1 amide bonds. The fourth-order valence-corrected chi connectivity index (χ4v) is 6.37. The summed E-state index contributed by atoms with van der Waals surface area (Å²) in [7, 11) is 0. The van der Waals surface area contributed by atoms with Crippen molar-refractivity contribution >= 4 is 45.6 Å². The van der Waals surface area contributed by atoms with Crippen molar-refractivity contribution < 1.29 is 9.59 Å². The van der Waals surface area contributed by atoms with E-state index in [9.17, 15) is 9.59 Å². The molecule has 1 aliphatic carbocycles. The Bertz CT molecular complexity index is 1640. The number of nitrogens with zero attached hydrogens (tertiary/aromatic N) is 1. The molecule has 0 spiro atoms. The second-order valence-corrected chi connectivity index (χ2v) is 11.9. The molecule has 3 aromatic carbocycles. The van der Waals surface area contributed by atoms with Gasteiger partial charge in [-0.15, -0.1) is 0 Å². The van der Waals surface area contributed by atoms with Crippen molar-refractivity contribution in [2.24, 2.45) is 5.41 Å². The number of H-pyrrole nitrogens is 1. The average Bonchev–Trinajstić information content (AvgIpc) is 3.27. The lowest BCUT2D eigenvalue weighted by Crippen LogP contribution is -2.42. The third-order valence-corrected chi connectivity index (χ3v) is 8.25. The SMILES string of the molecule is CC1(C)CC(=O)C2=C(C1)Nc1ccccc1N(CC(=O)NCCc1c[nH]c3ccccc13)C2c1ccccc1Cl. The van der Waals surface area contributed by atoms with Crippen LogP contribution in [-0.4, -0.2) is 29.8 Å². The number of amides is 1. The highest BCUT2D eigenvalue weighted by Crippen LogP contribution is 2.49. The van der Waals surface area contributed by atoms with Crippen LogP contribution in [0.4, 0.5) is 11.4 Å². The molecule has 4 aromatic rings. The number of para-hydroxylation sites is 3. The maximum Gasteiger partial charge on any atom is 0.239 e. The maximum atomic E-state index is 13.8. The van der Waals surface area contributed by atoms with Crippen LogP contribution in [0, 0.1) is 5.41 Å². The number of anilines is 2. The molecule has 0 fully saturated rings. The van der Waals surface area contributed by atoms with E-state index in [-0.39, 0.29) is 23.7 Å². The predicted molar refractivity (Wildman–Crippen MR) is 162 cm³/mol. The molecule has 2 aliphatic rings. The van der Waals surface area contributed by atoms with E-state index in [1.807, 2.05) is 77.8 Å². The van der Waals surface area contributed by atoms with E-state index in [1.165, 1.54) is 10.9 Å². The van der Waals surface area contributed by atoms with Gasteiger partial charge in [0, 0.05) is 46.4 Å². The molecule has 6 nitrogen and oxygen atoms in total. The first kappa shape index (κ1) is 26.2. The van der Waals surface area contributed by atoms with Gasteiger partial charge in [0.15, 0.2) is 5.78 Å². The van der Waals surface area contributed by atoms with Crippen LogP contribution in [0.1, 0.15) is 43.9 Å². The number of aromatic amines is 1.